The smallest absolute Gasteiger partial charge is 0.338 e. The third-order valence-electron chi connectivity index (χ3n) is 9.62. The van der Waals surface area contributed by atoms with Gasteiger partial charge >= 0.3 is 5.97 Å². The molecule has 1 aromatic rings. The minimum atomic E-state index is -0.557. The van der Waals surface area contributed by atoms with E-state index in [0.29, 0.717) is 22.8 Å². The summed E-state index contributed by atoms with van der Waals surface area (Å²) in [4.78, 5) is 12.6. The van der Waals surface area contributed by atoms with E-state index in [-0.39, 0.29) is 12.1 Å². The molecule has 3 aliphatic carbocycles. The fourth-order valence-electron chi connectivity index (χ4n) is 7.55. The van der Waals surface area contributed by atoms with Crippen LogP contribution in [0.3, 0.4) is 0 Å². The van der Waals surface area contributed by atoms with Crippen LogP contribution in [0.4, 0.5) is 0 Å². The van der Waals surface area contributed by atoms with Crippen molar-refractivity contribution in [3.8, 4) is 0 Å². The predicted octanol–water partition coefficient (Wildman–Crippen LogP) is 8.60. The molecule has 0 bridgehead atoms. The van der Waals surface area contributed by atoms with Gasteiger partial charge in [0.2, 0.25) is 0 Å². The maximum Gasteiger partial charge on any atom is 0.338 e. The molecule has 0 aliphatic heterocycles. The first-order valence-corrected chi connectivity index (χ1v) is 14.6. The summed E-state index contributed by atoms with van der Waals surface area (Å²) in [5, 5.41) is 10.1. The summed E-state index contributed by atoms with van der Waals surface area (Å²) in [5.74, 6) is 1.91. The van der Waals surface area contributed by atoms with Gasteiger partial charge in [0.25, 0.3) is 0 Å². The number of hydrogen-bond donors (Lipinski definition) is 1. The molecule has 3 nitrogen and oxygen atoms in total. The van der Waals surface area contributed by atoms with Crippen molar-refractivity contribution in [1.82, 2.24) is 0 Å². The van der Waals surface area contributed by atoms with Gasteiger partial charge in [-0.2, -0.15) is 0 Å². The Morgan fingerprint density at radius 1 is 1.19 bits per heavy atom. The van der Waals surface area contributed by atoms with Crippen LogP contribution >= 0.6 is 0 Å². The summed E-state index contributed by atoms with van der Waals surface area (Å²) >= 11 is 0. The molecule has 5 atom stereocenters. The van der Waals surface area contributed by atoms with Crippen LogP contribution in [0.5, 0.6) is 0 Å². The first kappa shape index (κ1) is 27.9. The molecule has 3 saturated carbocycles. The van der Waals surface area contributed by atoms with E-state index in [1.807, 2.05) is 44.2 Å². The van der Waals surface area contributed by atoms with E-state index in [1.54, 1.807) is 5.57 Å². The lowest BCUT2D eigenvalue weighted by Crippen LogP contribution is -2.36. The first-order chi connectivity index (χ1) is 17.6. The lowest BCUT2D eigenvalue weighted by Gasteiger charge is -2.44. The lowest BCUT2D eigenvalue weighted by molar-refractivity contribution is 0.0270. The number of carbonyl (C=O) groups excluding carboxylic acids is 1. The summed E-state index contributed by atoms with van der Waals surface area (Å²) in [6.45, 7) is 13.2. The number of carbonyl (C=O) groups is 1. The largest absolute Gasteiger partial charge is 0.458 e. The average molecular weight is 505 g/mol. The Hall–Kier alpha value is -2.13. The zero-order valence-corrected chi connectivity index (χ0v) is 23.6. The number of hydrogen-bond acceptors (Lipinski definition) is 3. The quantitative estimate of drug-likeness (QED) is 0.361. The molecule has 0 radical (unpaired) electrons. The van der Waals surface area contributed by atoms with Gasteiger partial charge in [0, 0.05) is 6.42 Å². The first-order valence-electron chi connectivity index (χ1n) is 14.6. The molecule has 0 aromatic heterocycles. The third-order valence-corrected chi connectivity index (χ3v) is 9.62. The average Bonchev–Trinajstić information content (AvgIpc) is 3.21. The highest BCUT2D eigenvalue weighted by molar-refractivity contribution is 5.89. The van der Waals surface area contributed by atoms with E-state index in [4.69, 9.17) is 4.74 Å². The lowest BCUT2D eigenvalue weighted by atomic mass is 9.60. The SMILES string of the molecule is C=C1CC[C@H](OC(=O)c2ccccc2)C/C1=C/C=C1CCC[C@@]2(C)C1CC[C@@H]2[C@H](C)CCCC(C)(C)O. The van der Waals surface area contributed by atoms with Crippen molar-refractivity contribution < 1.29 is 14.6 Å². The van der Waals surface area contributed by atoms with Gasteiger partial charge in [-0.1, -0.05) is 74.8 Å². The molecule has 1 aromatic carbocycles. The summed E-state index contributed by atoms with van der Waals surface area (Å²) in [7, 11) is 0. The number of esters is 1. The van der Waals surface area contributed by atoms with E-state index in [2.05, 4.69) is 32.6 Å². The van der Waals surface area contributed by atoms with E-state index >= 15 is 0 Å². The molecule has 1 unspecified atom stereocenters. The summed E-state index contributed by atoms with van der Waals surface area (Å²) < 4.78 is 5.87. The number of benzene rings is 1. The van der Waals surface area contributed by atoms with Crippen LogP contribution in [-0.2, 0) is 4.74 Å². The van der Waals surface area contributed by atoms with Crippen molar-refractivity contribution >= 4 is 5.97 Å². The number of fused-ring (bicyclic) bond motifs is 1. The third kappa shape index (κ3) is 6.85. The van der Waals surface area contributed by atoms with E-state index in [1.165, 1.54) is 49.7 Å². The van der Waals surface area contributed by atoms with Crippen molar-refractivity contribution in [2.24, 2.45) is 23.2 Å². The summed E-state index contributed by atoms with van der Waals surface area (Å²) in [5.41, 5.74) is 4.49. The Labute approximate surface area is 225 Å². The van der Waals surface area contributed by atoms with Crippen molar-refractivity contribution in [2.45, 2.75) is 110 Å². The fraction of sp³-hybridized carbons (Fsp3) is 0.618. The zero-order chi connectivity index (χ0) is 26.6. The Kier molecular flexibility index (Phi) is 8.84. The summed E-state index contributed by atoms with van der Waals surface area (Å²) in [6, 6.07) is 9.29. The second kappa shape index (κ2) is 11.7. The van der Waals surface area contributed by atoms with Crippen LogP contribution in [0.15, 0.2) is 65.8 Å². The standard InChI is InChI=1S/C34H48O3/c1-24-15-18-29(37-32(35)27-12-7-6-8-13-27)23-28(24)17-16-26-14-10-22-34(5)30(19-20-31(26)34)25(2)11-9-21-33(3,4)36/h6-8,12-13,16-17,25,29-31,36H,1,9-11,14-15,18-23H2,2-5H3/b26-16?,28-17-/t25-,29+,30-,31?,34-/m1/s1. The van der Waals surface area contributed by atoms with Crippen molar-refractivity contribution in [2.75, 3.05) is 0 Å². The van der Waals surface area contributed by atoms with Gasteiger partial charge in [0.05, 0.1) is 11.2 Å². The highest BCUT2D eigenvalue weighted by atomic mass is 16.5. The van der Waals surface area contributed by atoms with Crippen molar-refractivity contribution in [3.63, 3.8) is 0 Å². The Morgan fingerprint density at radius 3 is 2.68 bits per heavy atom. The molecular weight excluding hydrogens is 456 g/mol. The van der Waals surface area contributed by atoms with Crippen LogP contribution in [0, 0.1) is 23.2 Å². The molecule has 1 N–H and O–H groups in total. The Bertz CT molecular complexity index is 1010. The van der Waals surface area contributed by atoms with Crippen LogP contribution in [0.1, 0.15) is 109 Å². The number of aliphatic hydroxyl groups is 1. The molecule has 0 spiro atoms. The van der Waals surface area contributed by atoms with E-state index < -0.39 is 5.60 Å². The molecule has 3 aliphatic rings. The van der Waals surface area contributed by atoms with Gasteiger partial charge < -0.3 is 9.84 Å². The molecule has 0 heterocycles. The topological polar surface area (TPSA) is 46.5 Å². The molecule has 0 saturated heterocycles. The van der Waals surface area contributed by atoms with Crippen molar-refractivity contribution in [1.29, 1.82) is 0 Å². The van der Waals surface area contributed by atoms with Gasteiger partial charge in [-0.3, -0.25) is 0 Å². The minimum absolute atomic E-state index is 0.0833. The molecule has 202 valence electrons. The van der Waals surface area contributed by atoms with Crippen LogP contribution in [0.25, 0.3) is 0 Å². The molecule has 0 amide bonds. The van der Waals surface area contributed by atoms with E-state index in [9.17, 15) is 9.90 Å². The van der Waals surface area contributed by atoms with Gasteiger partial charge in [0.15, 0.2) is 0 Å². The second-order valence-corrected chi connectivity index (χ2v) is 13.0. The second-order valence-electron chi connectivity index (χ2n) is 13.0. The minimum Gasteiger partial charge on any atom is -0.458 e. The number of allylic oxidation sites excluding steroid dienone is 4. The van der Waals surface area contributed by atoms with Crippen molar-refractivity contribution in [3.05, 3.63) is 71.3 Å². The Balaban J connectivity index is 1.41. The predicted molar refractivity (Wildman–Crippen MR) is 152 cm³/mol. The highest BCUT2D eigenvalue weighted by Crippen LogP contribution is 2.60. The van der Waals surface area contributed by atoms with Crippen LogP contribution in [-0.4, -0.2) is 22.8 Å². The molecule has 4 rings (SSSR count). The van der Waals surface area contributed by atoms with E-state index in [0.717, 1.165) is 38.0 Å². The Morgan fingerprint density at radius 2 is 1.95 bits per heavy atom. The molecular formula is C34H48O3. The molecule has 3 heteroatoms. The van der Waals surface area contributed by atoms with Gasteiger partial charge in [0.1, 0.15) is 6.10 Å². The van der Waals surface area contributed by atoms with Gasteiger partial charge in [-0.05, 0) is 106 Å². The monoisotopic (exact) mass is 504 g/mol. The number of rotatable bonds is 8. The maximum atomic E-state index is 12.6. The van der Waals surface area contributed by atoms with Gasteiger partial charge in [-0.15, -0.1) is 0 Å². The van der Waals surface area contributed by atoms with Crippen LogP contribution in [0.2, 0.25) is 0 Å². The maximum absolute atomic E-state index is 12.6. The van der Waals surface area contributed by atoms with Gasteiger partial charge in [-0.25, -0.2) is 4.79 Å². The zero-order valence-electron chi connectivity index (χ0n) is 23.6. The molecule has 37 heavy (non-hydrogen) atoms. The fourth-order valence-corrected chi connectivity index (χ4v) is 7.55. The molecule has 3 fully saturated rings. The highest BCUT2D eigenvalue weighted by Gasteiger charge is 2.50. The summed E-state index contributed by atoms with van der Waals surface area (Å²) in [6.07, 6.45) is 16.7. The normalized spacial score (nSPS) is 31.4. The number of ether oxygens (including phenoxy) is 1. The van der Waals surface area contributed by atoms with Crippen LogP contribution < -0.4 is 0 Å².